The van der Waals surface area contributed by atoms with Crippen molar-refractivity contribution in [2.24, 2.45) is 0 Å². The van der Waals surface area contributed by atoms with Crippen molar-refractivity contribution in [3.8, 4) is 11.8 Å². The molecule has 2 rings (SSSR count). The molecule has 0 fully saturated rings. The minimum absolute atomic E-state index is 0.0955. The Labute approximate surface area is 131 Å². The Morgan fingerprint density at radius 2 is 2.33 bits per heavy atom. The molecule has 0 saturated heterocycles. The Kier molecular flexibility index (Phi) is 5.67. The summed E-state index contributed by atoms with van der Waals surface area (Å²) in [6.07, 6.45) is 0. The number of nitrogens with zero attached hydrogens (tertiary/aromatic N) is 1. The molecule has 0 aliphatic heterocycles. The van der Waals surface area contributed by atoms with Gasteiger partial charge in [-0.05, 0) is 29.1 Å². The fourth-order valence-corrected chi connectivity index (χ4v) is 3.21. The summed E-state index contributed by atoms with van der Waals surface area (Å²) >= 11 is 2.88. The quantitative estimate of drug-likeness (QED) is 0.885. The lowest BCUT2D eigenvalue weighted by atomic mass is 10.2. The first kappa shape index (κ1) is 15.4. The lowest BCUT2D eigenvalue weighted by molar-refractivity contribution is -0.113. The number of thiophene rings is 1. The number of carbonyl (C=O) groups is 1. The summed E-state index contributed by atoms with van der Waals surface area (Å²) in [5, 5.41) is 14.0. The average Bonchev–Trinajstić information content (AvgIpc) is 2.94. The smallest absolute Gasteiger partial charge is 0.235 e. The van der Waals surface area contributed by atoms with Crippen LogP contribution in [0.4, 0.5) is 5.00 Å². The number of hydrogen-bond donors (Lipinski definition) is 1. The van der Waals surface area contributed by atoms with Crippen LogP contribution in [-0.2, 0) is 10.5 Å². The molecule has 1 heterocycles. The summed E-state index contributed by atoms with van der Waals surface area (Å²) in [6, 6.07) is 11.5. The van der Waals surface area contributed by atoms with Crippen LogP contribution in [0.1, 0.15) is 11.1 Å². The maximum absolute atomic E-state index is 11.8. The van der Waals surface area contributed by atoms with E-state index in [1.54, 1.807) is 18.6 Å². The minimum atomic E-state index is -0.0955. The summed E-state index contributed by atoms with van der Waals surface area (Å²) in [5.41, 5.74) is 1.62. The summed E-state index contributed by atoms with van der Waals surface area (Å²) in [7, 11) is 1.63. The number of nitrogens with one attached hydrogen (secondary N) is 1. The molecule has 0 atom stereocenters. The summed E-state index contributed by atoms with van der Waals surface area (Å²) < 4.78 is 5.16. The molecule has 1 N–H and O–H groups in total. The van der Waals surface area contributed by atoms with Crippen LogP contribution in [-0.4, -0.2) is 18.8 Å². The molecule has 0 unspecified atom stereocenters. The molecule has 6 heteroatoms. The van der Waals surface area contributed by atoms with Gasteiger partial charge in [0.2, 0.25) is 5.91 Å². The number of methoxy groups -OCH3 is 1. The van der Waals surface area contributed by atoms with Crippen LogP contribution >= 0.6 is 23.1 Å². The van der Waals surface area contributed by atoms with Gasteiger partial charge in [-0.25, -0.2) is 0 Å². The molecule has 0 aliphatic rings. The molecule has 0 radical (unpaired) electrons. The third-order valence-corrected chi connectivity index (χ3v) is 4.51. The van der Waals surface area contributed by atoms with Crippen molar-refractivity contribution in [2.45, 2.75) is 5.75 Å². The van der Waals surface area contributed by atoms with E-state index in [-0.39, 0.29) is 5.91 Å². The molecule has 1 amide bonds. The Hall–Kier alpha value is -1.97. The predicted octanol–water partition coefficient (Wildman–Crippen LogP) is 3.50. The Morgan fingerprint density at radius 1 is 1.48 bits per heavy atom. The van der Waals surface area contributed by atoms with E-state index >= 15 is 0 Å². The number of rotatable bonds is 6. The van der Waals surface area contributed by atoms with E-state index in [2.05, 4.69) is 11.4 Å². The number of amides is 1. The molecule has 108 valence electrons. The van der Waals surface area contributed by atoms with Gasteiger partial charge in [0.25, 0.3) is 0 Å². The first-order valence-corrected chi connectivity index (χ1v) is 8.24. The molecule has 0 aliphatic carbocycles. The summed E-state index contributed by atoms with van der Waals surface area (Å²) in [4.78, 5) is 11.8. The highest BCUT2D eigenvalue weighted by Gasteiger charge is 2.08. The van der Waals surface area contributed by atoms with Crippen LogP contribution in [0.25, 0.3) is 0 Å². The topological polar surface area (TPSA) is 62.1 Å². The van der Waals surface area contributed by atoms with E-state index in [4.69, 9.17) is 10.00 Å². The van der Waals surface area contributed by atoms with Gasteiger partial charge in [-0.2, -0.15) is 5.26 Å². The van der Waals surface area contributed by atoms with Gasteiger partial charge in [0.15, 0.2) is 0 Å². The van der Waals surface area contributed by atoms with Gasteiger partial charge < -0.3 is 10.1 Å². The van der Waals surface area contributed by atoms with E-state index < -0.39 is 0 Å². The third-order valence-electron chi connectivity index (χ3n) is 2.67. The largest absolute Gasteiger partial charge is 0.497 e. The maximum Gasteiger partial charge on any atom is 0.235 e. The van der Waals surface area contributed by atoms with Crippen molar-refractivity contribution in [3.63, 3.8) is 0 Å². The zero-order valence-electron chi connectivity index (χ0n) is 11.5. The number of benzene rings is 1. The SMILES string of the molecule is COc1cccc(CSCC(=O)Nc2sccc2C#N)c1. The number of hydrogen-bond acceptors (Lipinski definition) is 5. The first-order chi connectivity index (χ1) is 10.2. The van der Waals surface area contributed by atoms with Gasteiger partial charge in [-0.3, -0.25) is 4.79 Å². The first-order valence-electron chi connectivity index (χ1n) is 6.21. The molecule has 21 heavy (non-hydrogen) atoms. The second-order valence-electron chi connectivity index (χ2n) is 4.17. The Balaban J connectivity index is 1.80. The summed E-state index contributed by atoms with van der Waals surface area (Å²) in [6.45, 7) is 0. The monoisotopic (exact) mass is 318 g/mol. The lowest BCUT2D eigenvalue weighted by Crippen LogP contribution is -2.13. The Bertz CT molecular complexity index is 662. The molecule has 0 saturated carbocycles. The van der Waals surface area contributed by atoms with E-state index in [9.17, 15) is 4.79 Å². The van der Waals surface area contributed by atoms with Gasteiger partial charge in [-0.1, -0.05) is 12.1 Å². The number of nitriles is 1. The van der Waals surface area contributed by atoms with Crippen LogP contribution in [0.3, 0.4) is 0 Å². The molecule has 1 aromatic heterocycles. The highest BCUT2D eigenvalue weighted by atomic mass is 32.2. The molecule has 0 spiro atoms. The molecular weight excluding hydrogens is 304 g/mol. The number of carbonyl (C=O) groups excluding carboxylic acids is 1. The van der Waals surface area contributed by atoms with Gasteiger partial charge >= 0.3 is 0 Å². The highest BCUT2D eigenvalue weighted by molar-refractivity contribution is 7.99. The van der Waals surface area contributed by atoms with Crippen LogP contribution in [0.2, 0.25) is 0 Å². The third kappa shape index (κ3) is 4.52. The van der Waals surface area contributed by atoms with Gasteiger partial charge in [0, 0.05) is 5.75 Å². The number of anilines is 1. The van der Waals surface area contributed by atoms with Gasteiger partial charge in [-0.15, -0.1) is 23.1 Å². The lowest BCUT2D eigenvalue weighted by Gasteiger charge is -2.05. The number of thioether (sulfide) groups is 1. The maximum atomic E-state index is 11.8. The fraction of sp³-hybridized carbons (Fsp3) is 0.200. The van der Waals surface area contributed by atoms with Crippen molar-refractivity contribution >= 4 is 34.0 Å². The second kappa shape index (κ2) is 7.72. The van der Waals surface area contributed by atoms with E-state index in [0.717, 1.165) is 17.1 Å². The standard InChI is InChI=1S/C15H14N2O2S2/c1-19-13-4-2-3-11(7-13)9-20-10-14(18)17-15-12(8-16)5-6-21-15/h2-7H,9-10H2,1H3,(H,17,18). The van der Waals surface area contributed by atoms with Gasteiger partial charge in [0.1, 0.15) is 16.8 Å². The predicted molar refractivity (Wildman–Crippen MR) is 86.8 cm³/mol. The van der Waals surface area contributed by atoms with Crippen LogP contribution in [0.15, 0.2) is 35.7 Å². The minimum Gasteiger partial charge on any atom is -0.497 e. The molecule has 2 aromatic rings. The van der Waals surface area contributed by atoms with Crippen LogP contribution in [0, 0.1) is 11.3 Å². The summed E-state index contributed by atoms with van der Waals surface area (Å²) in [5.74, 6) is 1.80. The van der Waals surface area contributed by atoms with Crippen molar-refractivity contribution in [1.29, 1.82) is 5.26 Å². The Morgan fingerprint density at radius 3 is 3.10 bits per heavy atom. The molecule has 0 bridgehead atoms. The highest BCUT2D eigenvalue weighted by Crippen LogP contribution is 2.23. The van der Waals surface area contributed by atoms with Crippen LogP contribution in [0.5, 0.6) is 5.75 Å². The van der Waals surface area contributed by atoms with Crippen molar-refractivity contribution in [1.82, 2.24) is 0 Å². The van der Waals surface area contributed by atoms with Crippen molar-refractivity contribution in [2.75, 3.05) is 18.2 Å². The van der Waals surface area contributed by atoms with Crippen molar-refractivity contribution < 1.29 is 9.53 Å². The normalized spacial score (nSPS) is 9.90. The number of ether oxygens (including phenoxy) is 1. The van der Waals surface area contributed by atoms with Crippen molar-refractivity contribution in [3.05, 3.63) is 46.8 Å². The van der Waals surface area contributed by atoms with E-state index in [1.807, 2.05) is 24.3 Å². The van der Waals surface area contributed by atoms with Gasteiger partial charge in [0.05, 0.1) is 18.4 Å². The van der Waals surface area contributed by atoms with Crippen LogP contribution < -0.4 is 10.1 Å². The average molecular weight is 318 g/mol. The van der Waals surface area contributed by atoms with E-state index in [1.165, 1.54) is 23.1 Å². The molecule has 1 aromatic carbocycles. The molecular formula is C15H14N2O2S2. The zero-order valence-corrected chi connectivity index (χ0v) is 13.1. The van der Waals surface area contributed by atoms with E-state index in [0.29, 0.717) is 16.3 Å². The fourth-order valence-electron chi connectivity index (χ4n) is 1.68. The zero-order chi connectivity index (χ0) is 15.1. The molecule has 4 nitrogen and oxygen atoms in total. The second-order valence-corrected chi connectivity index (χ2v) is 6.07.